The SMILES string of the molecule is Cc1nn(CC(C)C)cc1S(=O)(=O)N1CCN(Cc2ccccn2)CC1.Cl. The van der Waals surface area contributed by atoms with Gasteiger partial charge in [-0.1, -0.05) is 19.9 Å². The number of aromatic nitrogens is 3. The van der Waals surface area contributed by atoms with Crippen LogP contribution in [0.25, 0.3) is 0 Å². The second-order valence-corrected chi connectivity index (χ2v) is 9.10. The third kappa shape index (κ3) is 5.28. The van der Waals surface area contributed by atoms with Gasteiger partial charge < -0.3 is 0 Å². The molecule has 1 saturated heterocycles. The van der Waals surface area contributed by atoms with Gasteiger partial charge in [-0.05, 0) is 25.0 Å². The number of halogens is 1. The van der Waals surface area contributed by atoms with Crippen LogP contribution < -0.4 is 0 Å². The lowest BCUT2D eigenvalue weighted by molar-refractivity contribution is 0.180. The molecule has 9 heteroatoms. The van der Waals surface area contributed by atoms with Crippen LogP contribution in [-0.2, 0) is 23.1 Å². The molecule has 0 atom stereocenters. The van der Waals surface area contributed by atoms with Crippen molar-refractivity contribution in [2.45, 2.75) is 38.8 Å². The number of hydrogen-bond acceptors (Lipinski definition) is 5. The van der Waals surface area contributed by atoms with E-state index >= 15 is 0 Å². The summed E-state index contributed by atoms with van der Waals surface area (Å²) in [5.74, 6) is 0.417. The number of piperazine rings is 1. The molecular weight excluding hydrogens is 386 g/mol. The van der Waals surface area contributed by atoms with Gasteiger partial charge in [0, 0.05) is 51.7 Å². The monoisotopic (exact) mass is 413 g/mol. The van der Waals surface area contributed by atoms with Crippen molar-refractivity contribution < 1.29 is 8.42 Å². The highest BCUT2D eigenvalue weighted by molar-refractivity contribution is 7.89. The molecule has 150 valence electrons. The van der Waals surface area contributed by atoms with Crippen molar-refractivity contribution in [3.63, 3.8) is 0 Å². The maximum absolute atomic E-state index is 13.0. The van der Waals surface area contributed by atoms with Crippen LogP contribution >= 0.6 is 12.4 Å². The molecule has 7 nitrogen and oxygen atoms in total. The van der Waals surface area contributed by atoms with Crippen LogP contribution in [0.5, 0.6) is 0 Å². The summed E-state index contributed by atoms with van der Waals surface area (Å²) in [6, 6.07) is 5.87. The zero-order valence-electron chi connectivity index (χ0n) is 16.1. The summed E-state index contributed by atoms with van der Waals surface area (Å²) in [7, 11) is -3.50. The predicted molar refractivity (Wildman–Crippen MR) is 107 cm³/mol. The van der Waals surface area contributed by atoms with Gasteiger partial charge in [0.05, 0.1) is 11.4 Å². The Morgan fingerprint density at radius 3 is 2.44 bits per heavy atom. The largest absolute Gasteiger partial charge is 0.295 e. The summed E-state index contributed by atoms with van der Waals surface area (Å²) >= 11 is 0. The number of sulfonamides is 1. The fourth-order valence-electron chi connectivity index (χ4n) is 3.21. The van der Waals surface area contributed by atoms with E-state index in [-0.39, 0.29) is 12.4 Å². The lowest BCUT2D eigenvalue weighted by Crippen LogP contribution is -2.48. The molecule has 0 aliphatic carbocycles. The first kappa shape index (κ1) is 21.8. The molecule has 0 unspecified atom stereocenters. The van der Waals surface area contributed by atoms with Gasteiger partial charge in [0.2, 0.25) is 10.0 Å². The smallest absolute Gasteiger partial charge is 0.246 e. The van der Waals surface area contributed by atoms with Crippen LogP contribution in [0.3, 0.4) is 0 Å². The Morgan fingerprint density at radius 1 is 1.15 bits per heavy atom. The average Bonchev–Trinajstić information content (AvgIpc) is 2.96. The lowest BCUT2D eigenvalue weighted by Gasteiger charge is -2.33. The minimum Gasteiger partial charge on any atom is -0.295 e. The zero-order valence-corrected chi connectivity index (χ0v) is 17.7. The van der Waals surface area contributed by atoms with E-state index in [1.807, 2.05) is 18.2 Å². The number of pyridine rings is 1. The quantitative estimate of drug-likeness (QED) is 0.725. The molecule has 3 heterocycles. The topological polar surface area (TPSA) is 71.3 Å². The molecule has 0 spiro atoms. The highest BCUT2D eigenvalue weighted by Gasteiger charge is 2.31. The molecular formula is C18H28ClN5O2S. The summed E-state index contributed by atoms with van der Waals surface area (Å²) < 4.78 is 29.3. The standard InChI is InChI=1S/C18H27N5O2S.ClH/c1-15(2)12-22-14-18(16(3)20-22)26(24,25)23-10-8-21(9-11-23)13-17-6-4-5-7-19-17;/h4-7,14-15H,8-13H2,1-3H3;1H. The Balaban J connectivity index is 0.00000261. The summed E-state index contributed by atoms with van der Waals surface area (Å²) in [5, 5.41) is 4.37. The van der Waals surface area contributed by atoms with E-state index in [2.05, 4.69) is 28.8 Å². The van der Waals surface area contributed by atoms with Gasteiger partial charge in [0.1, 0.15) is 4.90 Å². The Kier molecular flexibility index (Phi) is 7.39. The number of nitrogens with zero attached hydrogens (tertiary/aromatic N) is 5. The van der Waals surface area contributed by atoms with Crippen LogP contribution in [0.1, 0.15) is 25.2 Å². The Bertz CT molecular complexity index is 831. The molecule has 0 radical (unpaired) electrons. The van der Waals surface area contributed by atoms with Gasteiger partial charge in [-0.15, -0.1) is 12.4 Å². The number of hydrogen-bond donors (Lipinski definition) is 0. The maximum atomic E-state index is 13.0. The van der Waals surface area contributed by atoms with E-state index < -0.39 is 10.0 Å². The van der Waals surface area contributed by atoms with Gasteiger partial charge in [0.15, 0.2) is 0 Å². The Hall–Kier alpha value is -1.48. The predicted octanol–water partition coefficient (Wildman–Crippen LogP) is 2.17. The van der Waals surface area contributed by atoms with Gasteiger partial charge in [-0.3, -0.25) is 14.6 Å². The first-order valence-corrected chi connectivity index (χ1v) is 10.5. The lowest BCUT2D eigenvalue weighted by atomic mass is 10.2. The van der Waals surface area contributed by atoms with Crippen LogP contribution in [0.15, 0.2) is 35.5 Å². The van der Waals surface area contributed by atoms with Gasteiger partial charge in [-0.2, -0.15) is 9.40 Å². The van der Waals surface area contributed by atoms with Crippen LogP contribution in [-0.4, -0.2) is 58.6 Å². The van der Waals surface area contributed by atoms with E-state index in [4.69, 9.17) is 0 Å². The van der Waals surface area contributed by atoms with Gasteiger partial charge in [-0.25, -0.2) is 8.42 Å². The van der Waals surface area contributed by atoms with Crippen molar-refractivity contribution in [2.75, 3.05) is 26.2 Å². The molecule has 27 heavy (non-hydrogen) atoms. The van der Waals surface area contributed by atoms with Crippen molar-refractivity contribution in [3.8, 4) is 0 Å². The fourth-order valence-corrected chi connectivity index (χ4v) is 4.80. The van der Waals surface area contributed by atoms with Gasteiger partial charge >= 0.3 is 0 Å². The molecule has 0 bridgehead atoms. The zero-order chi connectivity index (χ0) is 18.7. The normalized spacial score (nSPS) is 16.4. The maximum Gasteiger partial charge on any atom is 0.246 e. The molecule has 0 N–H and O–H groups in total. The highest BCUT2D eigenvalue weighted by Crippen LogP contribution is 2.21. The third-order valence-corrected chi connectivity index (χ3v) is 6.52. The molecule has 0 saturated carbocycles. The Morgan fingerprint density at radius 2 is 1.85 bits per heavy atom. The van der Waals surface area contributed by atoms with Crippen molar-refractivity contribution in [1.29, 1.82) is 0 Å². The first-order chi connectivity index (χ1) is 12.4. The summed E-state index contributed by atoms with van der Waals surface area (Å²) in [6.45, 7) is 9.80. The minimum atomic E-state index is -3.50. The molecule has 1 fully saturated rings. The van der Waals surface area contributed by atoms with Crippen LogP contribution in [0, 0.1) is 12.8 Å². The van der Waals surface area contributed by atoms with Crippen molar-refractivity contribution in [3.05, 3.63) is 42.0 Å². The van der Waals surface area contributed by atoms with E-state index in [0.29, 0.717) is 49.2 Å². The molecule has 0 aromatic carbocycles. The summed E-state index contributed by atoms with van der Waals surface area (Å²) in [4.78, 5) is 6.91. The van der Waals surface area contributed by atoms with Crippen LogP contribution in [0.2, 0.25) is 0 Å². The molecule has 1 aliphatic rings. The third-order valence-electron chi connectivity index (χ3n) is 4.51. The number of aryl methyl sites for hydroxylation is 1. The molecule has 2 aromatic heterocycles. The molecule has 2 aromatic rings. The second kappa shape index (κ2) is 9.14. The van der Waals surface area contributed by atoms with E-state index in [0.717, 1.165) is 12.2 Å². The minimum absolute atomic E-state index is 0. The van der Waals surface area contributed by atoms with Gasteiger partial charge in [0.25, 0.3) is 0 Å². The Labute approximate surface area is 167 Å². The second-order valence-electron chi connectivity index (χ2n) is 7.20. The molecule has 0 amide bonds. The van der Waals surface area contributed by atoms with E-state index in [9.17, 15) is 8.42 Å². The average molecular weight is 414 g/mol. The summed E-state index contributed by atoms with van der Waals surface area (Å²) in [6.07, 6.45) is 3.46. The fraction of sp³-hybridized carbons (Fsp3) is 0.556. The van der Waals surface area contributed by atoms with E-state index in [1.165, 1.54) is 0 Å². The van der Waals surface area contributed by atoms with Crippen molar-refractivity contribution >= 4 is 22.4 Å². The molecule has 1 aliphatic heterocycles. The highest BCUT2D eigenvalue weighted by atomic mass is 35.5. The van der Waals surface area contributed by atoms with Crippen LogP contribution in [0.4, 0.5) is 0 Å². The first-order valence-electron chi connectivity index (χ1n) is 9.02. The van der Waals surface area contributed by atoms with Crippen molar-refractivity contribution in [2.24, 2.45) is 5.92 Å². The number of rotatable bonds is 6. The van der Waals surface area contributed by atoms with Crippen molar-refractivity contribution in [1.82, 2.24) is 24.0 Å². The van der Waals surface area contributed by atoms with E-state index in [1.54, 1.807) is 28.3 Å². The summed E-state index contributed by atoms with van der Waals surface area (Å²) in [5.41, 5.74) is 1.58. The molecule has 3 rings (SSSR count).